The molecule has 110 valence electrons. The number of piperidine rings is 1. The highest BCUT2D eigenvalue weighted by molar-refractivity contribution is 5.79. The van der Waals surface area contributed by atoms with Crippen LogP contribution in [-0.4, -0.2) is 70.7 Å². The molecule has 0 aromatic carbocycles. The maximum absolute atomic E-state index is 12.1. The zero-order chi connectivity index (χ0) is 14.4. The van der Waals surface area contributed by atoms with Crippen molar-refractivity contribution in [2.75, 3.05) is 32.8 Å². The number of aliphatic carboxylic acids is 1. The normalized spacial score (nSPS) is 17.2. The number of aliphatic hydroxyl groups is 1. The number of hydrogen-bond acceptors (Lipinski definition) is 4. The molecule has 1 heterocycles. The van der Waals surface area contributed by atoms with E-state index in [1.165, 1.54) is 0 Å². The summed E-state index contributed by atoms with van der Waals surface area (Å²) in [5.74, 6) is -1.06. The van der Waals surface area contributed by atoms with Gasteiger partial charge in [-0.05, 0) is 26.7 Å². The molecule has 19 heavy (non-hydrogen) atoms. The highest BCUT2D eigenvalue weighted by Gasteiger charge is 2.27. The minimum absolute atomic E-state index is 0.0194. The van der Waals surface area contributed by atoms with Crippen LogP contribution in [0.2, 0.25) is 0 Å². The molecule has 0 aliphatic carbocycles. The van der Waals surface area contributed by atoms with Crippen LogP contribution in [-0.2, 0) is 9.59 Å². The number of carboxylic acid groups (broad SMARTS) is 1. The van der Waals surface area contributed by atoms with Gasteiger partial charge in [-0.15, -0.1) is 0 Å². The summed E-state index contributed by atoms with van der Waals surface area (Å²) in [7, 11) is 0. The van der Waals surface area contributed by atoms with Crippen LogP contribution in [0.5, 0.6) is 0 Å². The second-order valence-corrected chi connectivity index (χ2v) is 5.28. The topological polar surface area (TPSA) is 81.1 Å². The van der Waals surface area contributed by atoms with E-state index in [1.54, 1.807) is 4.90 Å². The lowest BCUT2D eigenvalue weighted by atomic mass is 9.97. The van der Waals surface area contributed by atoms with Crippen molar-refractivity contribution in [3.63, 3.8) is 0 Å². The van der Waals surface area contributed by atoms with E-state index in [-0.39, 0.29) is 31.0 Å². The molecule has 1 aliphatic heterocycles. The van der Waals surface area contributed by atoms with Crippen molar-refractivity contribution in [2.45, 2.75) is 32.7 Å². The van der Waals surface area contributed by atoms with Gasteiger partial charge >= 0.3 is 5.97 Å². The van der Waals surface area contributed by atoms with Crippen LogP contribution < -0.4 is 0 Å². The SMILES string of the molecule is CC(C)N(CCO)CC(=O)N1CCC(C(=O)O)CC1. The number of rotatable bonds is 6. The maximum Gasteiger partial charge on any atom is 0.306 e. The van der Waals surface area contributed by atoms with Gasteiger partial charge in [0.05, 0.1) is 19.1 Å². The van der Waals surface area contributed by atoms with E-state index >= 15 is 0 Å². The smallest absolute Gasteiger partial charge is 0.306 e. The number of carbonyl (C=O) groups excluding carboxylic acids is 1. The summed E-state index contributed by atoms with van der Waals surface area (Å²) in [6.45, 7) is 5.80. The number of hydrogen-bond donors (Lipinski definition) is 2. The molecular formula is C13H24N2O4. The summed E-state index contributed by atoms with van der Waals surface area (Å²) in [5, 5.41) is 17.9. The largest absolute Gasteiger partial charge is 0.481 e. The number of aliphatic hydroxyl groups excluding tert-OH is 1. The first kappa shape index (κ1) is 15.9. The standard InChI is InChI=1S/C13H24N2O4/c1-10(2)15(7-8-16)9-12(17)14-5-3-11(4-6-14)13(18)19/h10-11,16H,3-9H2,1-2H3,(H,18,19). The van der Waals surface area contributed by atoms with E-state index < -0.39 is 5.97 Å². The van der Waals surface area contributed by atoms with Crippen molar-refractivity contribution in [1.82, 2.24) is 9.80 Å². The highest BCUT2D eigenvalue weighted by Crippen LogP contribution is 2.17. The lowest BCUT2D eigenvalue weighted by Crippen LogP contribution is -2.47. The van der Waals surface area contributed by atoms with Gasteiger partial charge in [-0.1, -0.05) is 0 Å². The van der Waals surface area contributed by atoms with E-state index in [2.05, 4.69) is 0 Å². The Bertz CT molecular complexity index is 312. The third-order valence-corrected chi connectivity index (χ3v) is 3.65. The Morgan fingerprint density at radius 1 is 1.32 bits per heavy atom. The lowest BCUT2D eigenvalue weighted by Gasteiger charge is -2.33. The molecule has 0 atom stereocenters. The van der Waals surface area contributed by atoms with Gasteiger partial charge in [-0.25, -0.2) is 0 Å². The molecule has 0 aromatic heterocycles. The molecule has 1 rings (SSSR count). The molecule has 0 saturated carbocycles. The first-order valence-corrected chi connectivity index (χ1v) is 6.81. The van der Waals surface area contributed by atoms with Gasteiger partial charge < -0.3 is 15.1 Å². The summed E-state index contributed by atoms with van der Waals surface area (Å²) in [5.41, 5.74) is 0. The molecule has 6 nitrogen and oxygen atoms in total. The molecule has 0 unspecified atom stereocenters. The van der Waals surface area contributed by atoms with Crippen LogP contribution in [0.25, 0.3) is 0 Å². The second kappa shape index (κ2) is 7.45. The minimum Gasteiger partial charge on any atom is -0.481 e. The van der Waals surface area contributed by atoms with Gasteiger partial charge in [-0.3, -0.25) is 14.5 Å². The Kier molecular flexibility index (Phi) is 6.24. The van der Waals surface area contributed by atoms with Gasteiger partial charge in [0.25, 0.3) is 0 Å². The predicted molar refractivity (Wildman–Crippen MR) is 70.7 cm³/mol. The zero-order valence-corrected chi connectivity index (χ0v) is 11.7. The van der Waals surface area contributed by atoms with Gasteiger partial charge in [0.15, 0.2) is 0 Å². The Morgan fingerprint density at radius 2 is 1.89 bits per heavy atom. The monoisotopic (exact) mass is 272 g/mol. The summed E-state index contributed by atoms with van der Waals surface area (Å²) in [6.07, 6.45) is 1.06. The van der Waals surface area contributed by atoms with Crippen LogP contribution in [0.3, 0.4) is 0 Å². The molecule has 1 amide bonds. The second-order valence-electron chi connectivity index (χ2n) is 5.28. The van der Waals surface area contributed by atoms with Crippen molar-refractivity contribution in [3.8, 4) is 0 Å². The van der Waals surface area contributed by atoms with E-state index in [9.17, 15) is 9.59 Å². The fourth-order valence-electron chi connectivity index (χ4n) is 2.30. The van der Waals surface area contributed by atoms with Crippen molar-refractivity contribution >= 4 is 11.9 Å². The van der Waals surface area contributed by atoms with Crippen molar-refractivity contribution in [3.05, 3.63) is 0 Å². The molecule has 0 aromatic rings. The Morgan fingerprint density at radius 3 is 2.32 bits per heavy atom. The van der Waals surface area contributed by atoms with Gasteiger partial charge in [0.1, 0.15) is 0 Å². The highest BCUT2D eigenvalue weighted by atomic mass is 16.4. The molecule has 0 radical (unpaired) electrons. The average Bonchev–Trinajstić information content (AvgIpc) is 2.38. The van der Waals surface area contributed by atoms with Gasteiger partial charge in [0.2, 0.25) is 5.91 Å². The average molecular weight is 272 g/mol. The van der Waals surface area contributed by atoms with Gasteiger partial charge in [0, 0.05) is 25.7 Å². The lowest BCUT2D eigenvalue weighted by molar-refractivity contribution is -0.146. The zero-order valence-electron chi connectivity index (χ0n) is 11.7. The Balaban J connectivity index is 2.44. The number of carbonyl (C=O) groups is 2. The van der Waals surface area contributed by atoms with Crippen LogP contribution in [0.4, 0.5) is 0 Å². The molecule has 1 fully saturated rings. The fraction of sp³-hybridized carbons (Fsp3) is 0.846. The van der Waals surface area contributed by atoms with Crippen LogP contribution in [0.1, 0.15) is 26.7 Å². The Hall–Kier alpha value is -1.14. The molecule has 0 bridgehead atoms. The third-order valence-electron chi connectivity index (χ3n) is 3.65. The van der Waals surface area contributed by atoms with Gasteiger partial charge in [-0.2, -0.15) is 0 Å². The minimum atomic E-state index is -0.767. The molecule has 2 N–H and O–H groups in total. The summed E-state index contributed by atoms with van der Waals surface area (Å²) in [4.78, 5) is 26.6. The van der Waals surface area contributed by atoms with Crippen LogP contribution in [0, 0.1) is 5.92 Å². The number of amides is 1. The molecule has 1 saturated heterocycles. The van der Waals surface area contributed by atoms with Crippen LogP contribution in [0.15, 0.2) is 0 Å². The first-order valence-electron chi connectivity index (χ1n) is 6.81. The quantitative estimate of drug-likeness (QED) is 0.712. The maximum atomic E-state index is 12.1. The van der Waals surface area contributed by atoms with E-state index in [0.717, 1.165) is 0 Å². The van der Waals surface area contributed by atoms with Crippen molar-refractivity contribution < 1.29 is 19.8 Å². The van der Waals surface area contributed by atoms with Crippen LogP contribution >= 0.6 is 0 Å². The Labute approximate surface area is 114 Å². The van der Waals surface area contributed by atoms with Crippen molar-refractivity contribution in [2.24, 2.45) is 5.92 Å². The predicted octanol–water partition coefficient (Wildman–Crippen LogP) is 0.0123. The molecular weight excluding hydrogens is 248 g/mol. The van der Waals surface area contributed by atoms with E-state index in [0.29, 0.717) is 32.5 Å². The fourth-order valence-corrected chi connectivity index (χ4v) is 2.30. The molecule has 6 heteroatoms. The first-order chi connectivity index (χ1) is 8.95. The summed E-state index contributed by atoms with van der Waals surface area (Å²) >= 11 is 0. The van der Waals surface area contributed by atoms with E-state index in [1.807, 2.05) is 18.7 Å². The number of carboxylic acids is 1. The van der Waals surface area contributed by atoms with Crippen molar-refractivity contribution in [1.29, 1.82) is 0 Å². The van der Waals surface area contributed by atoms with E-state index in [4.69, 9.17) is 10.2 Å². The molecule has 1 aliphatic rings. The third kappa shape index (κ3) is 4.80. The summed E-state index contributed by atoms with van der Waals surface area (Å²) < 4.78 is 0. The summed E-state index contributed by atoms with van der Waals surface area (Å²) in [6, 6.07) is 0.202. The number of likely N-dealkylation sites (tertiary alicyclic amines) is 1. The molecule has 0 spiro atoms. The number of nitrogens with zero attached hydrogens (tertiary/aromatic N) is 2.